The normalized spacial score (nSPS) is 20.5. The van der Waals surface area contributed by atoms with Crippen molar-refractivity contribution in [1.82, 2.24) is 4.90 Å². The number of nitrogens with zero attached hydrogens (tertiary/aromatic N) is 3. The Morgan fingerprint density at radius 1 is 1.06 bits per heavy atom. The van der Waals surface area contributed by atoms with Gasteiger partial charge in [-0.15, -0.1) is 0 Å². The van der Waals surface area contributed by atoms with E-state index in [0.29, 0.717) is 30.2 Å². The molecule has 2 fully saturated rings. The molecule has 0 bridgehead atoms. The predicted octanol–water partition coefficient (Wildman–Crippen LogP) is 4.89. The number of piperidine rings is 1. The van der Waals surface area contributed by atoms with Crippen LogP contribution in [-0.4, -0.2) is 35.1 Å². The summed E-state index contributed by atoms with van der Waals surface area (Å²) in [5, 5.41) is 9.98. The van der Waals surface area contributed by atoms with Crippen LogP contribution in [0, 0.1) is 11.3 Å². The van der Waals surface area contributed by atoms with Gasteiger partial charge in [0.2, 0.25) is 5.91 Å². The Kier molecular flexibility index (Phi) is 6.79. The molecule has 0 radical (unpaired) electrons. The van der Waals surface area contributed by atoms with Gasteiger partial charge in [-0.2, -0.15) is 5.26 Å². The van der Waals surface area contributed by atoms with Crippen molar-refractivity contribution in [3.63, 3.8) is 0 Å². The van der Waals surface area contributed by atoms with Crippen LogP contribution >= 0.6 is 27.7 Å². The predicted molar refractivity (Wildman–Crippen MR) is 126 cm³/mol. The van der Waals surface area contributed by atoms with Crippen LogP contribution in [0.1, 0.15) is 24.8 Å². The van der Waals surface area contributed by atoms with Gasteiger partial charge in [0.25, 0.3) is 5.91 Å². The number of thioether (sulfide) groups is 1. The summed E-state index contributed by atoms with van der Waals surface area (Å²) in [5.74, 6) is -0.379. The quantitative estimate of drug-likeness (QED) is 0.447. The number of rotatable bonds is 4. The molecule has 0 spiro atoms. The largest absolute Gasteiger partial charge is 0.338 e. The van der Waals surface area contributed by atoms with Crippen LogP contribution in [0.25, 0.3) is 0 Å². The van der Waals surface area contributed by atoms with Crippen LogP contribution in [-0.2, 0) is 16.0 Å². The van der Waals surface area contributed by atoms with Crippen molar-refractivity contribution in [2.75, 3.05) is 18.0 Å². The van der Waals surface area contributed by atoms with E-state index in [-0.39, 0.29) is 17.4 Å². The summed E-state index contributed by atoms with van der Waals surface area (Å²) >= 11 is 4.76. The number of likely N-dealkylation sites (tertiary alicyclic amines) is 1. The van der Waals surface area contributed by atoms with Crippen molar-refractivity contribution < 1.29 is 9.59 Å². The van der Waals surface area contributed by atoms with E-state index in [1.54, 1.807) is 9.80 Å². The number of anilines is 1. The topological polar surface area (TPSA) is 64.4 Å². The molecule has 2 aliphatic rings. The molecule has 0 aliphatic carbocycles. The first-order chi connectivity index (χ1) is 15.1. The fourth-order valence-corrected chi connectivity index (χ4v) is 5.45. The highest BCUT2D eigenvalue weighted by Gasteiger charge is 2.41. The summed E-state index contributed by atoms with van der Waals surface area (Å²) in [4.78, 5) is 29.9. The van der Waals surface area contributed by atoms with E-state index in [9.17, 15) is 14.9 Å². The number of benzene rings is 2. The zero-order chi connectivity index (χ0) is 21.8. The molecular weight excluding hydrogens is 474 g/mol. The minimum absolute atomic E-state index is 0.0578. The molecule has 0 saturated carbocycles. The Morgan fingerprint density at radius 2 is 1.74 bits per heavy atom. The minimum Gasteiger partial charge on any atom is -0.338 e. The summed E-state index contributed by atoms with van der Waals surface area (Å²) < 4.78 is 0.979. The Labute approximate surface area is 194 Å². The third-order valence-corrected chi connectivity index (χ3v) is 7.28. The van der Waals surface area contributed by atoms with Gasteiger partial charge in [0.15, 0.2) is 0 Å². The number of hydrogen-bond donors (Lipinski definition) is 0. The molecule has 2 saturated heterocycles. The fraction of sp³-hybridized carbons (Fsp3) is 0.292. The fourth-order valence-electron chi connectivity index (χ4n) is 3.88. The molecule has 1 atom stereocenters. The van der Waals surface area contributed by atoms with Crippen LogP contribution in [0.3, 0.4) is 0 Å². The third-order valence-electron chi connectivity index (χ3n) is 5.48. The SMILES string of the molecule is N#C/C(C(=O)N1CCCCC1)=C1/SC(Cc2ccc(Br)cc2)C(=O)N1c1ccccc1. The standard InChI is InChI=1S/C24H22BrN3O2S/c25-18-11-9-17(10-12-18)15-21-23(30)28(19-7-3-1-4-8-19)24(31-21)20(16-26)22(29)27-13-5-2-6-14-27/h1,3-4,7-12,21H,2,5-6,13-15H2/b24-20-. The summed E-state index contributed by atoms with van der Waals surface area (Å²) in [6.07, 6.45) is 3.52. The van der Waals surface area contributed by atoms with Gasteiger partial charge in [0.05, 0.1) is 5.25 Å². The Morgan fingerprint density at radius 3 is 2.39 bits per heavy atom. The van der Waals surface area contributed by atoms with E-state index in [4.69, 9.17) is 0 Å². The number of carbonyl (C=O) groups excluding carboxylic acids is 2. The molecule has 2 aromatic rings. The summed E-state index contributed by atoms with van der Waals surface area (Å²) in [7, 11) is 0. The second kappa shape index (κ2) is 9.71. The molecule has 4 rings (SSSR count). The van der Waals surface area contributed by atoms with Gasteiger partial charge in [0.1, 0.15) is 16.7 Å². The van der Waals surface area contributed by atoms with E-state index in [1.165, 1.54) is 11.8 Å². The van der Waals surface area contributed by atoms with E-state index in [0.717, 1.165) is 29.3 Å². The van der Waals surface area contributed by atoms with Gasteiger partial charge in [-0.1, -0.05) is 58.0 Å². The van der Waals surface area contributed by atoms with Gasteiger partial charge in [0, 0.05) is 23.2 Å². The molecule has 2 aliphatic heterocycles. The lowest BCUT2D eigenvalue weighted by Gasteiger charge is -2.27. The van der Waals surface area contributed by atoms with Crippen molar-refractivity contribution in [1.29, 1.82) is 5.26 Å². The molecule has 2 amide bonds. The van der Waals surface area contributed by atoms with Crippen LogP contribution in [0.4, 0.5) is 5.69 Å². The van der Waals surface area contributed by atoms with Crippen LogP contribution in [0.5, 0.6) is 0 Å². The Bertz CT molecular complexity index is 1040. The van der Waals surface area contributed by atoms with Crippen LogP contribution < -0.4 is 4.90 Å². The van der Waals surface area contributed by atoms with E-state index < -0.39 is 5.25 Å². The van der Waals surface area contributed by atoms with Crippen molar-refractivity contribution >= 4 is 45.2 Å². The first kappa shape index (κ1) is 21.7. The van der Waals surface area contributed by atoms with Gasteiger partial charge in [-0.25, -0.2) is 0 Å². The smallest absolute Gasteiger partial charge is 0.267 e. The van der Waals surface area contributed by atoms with Crippen molar-refractivity contribution in [2.24, 2.45) is 0 Å². The van der Waals surface area contributed by atoms with Crippen LogP contribution in [0.15, 0.2) is 69.7 Å². The number of nitriles is 1. The van der Waals surface area contributed by atoms with Gasteiger partial charge < -0.3 is 4.90 Å². The zero-order valence-electron chi connectivity index (χ0n) is 17.0. The molecule has 1 unspecified atom stereocenters. The molecule has 2 aromatic carbocycles. The van der Waals surface area contributed by atoms with Crippen molar-refractivity contribution in [3.8, 4) is 6.07 Å². The summed E-state index contributed by atoms with van der Waals surface area (Å²) in [6.45, 7) is 1.31. The monoisotopic (exact) mass is 495 g/mol. The van der Waals surface area contributed by atoms with Crippen molar-refractivity contribution in [2.45, 2.75) is 30.9 Å². The molecule has 5 nitrogen and oxygen atoms in total. The highest BCUT2D eigenvalue weighted by molar-refractivity contribution is 9.10. The van der Waals surface area contributed by atoms with E-state index >= 15 is 0 Å². The molecule has 2 heterocycles. The maximum Gasteiger partial charge on any atom is 0.267 e. The number of halogens is 1. The molecule has 31 heavy (non-hydrogen) atoms. The molecule has 7 heteroatoms. The summed E-state index contributed by atoms with van der Waals surface area (Å²) in [5.41, 5.74) is 1.76. The van der Waals surface area contributed by atoms with Gasteiger partial charge >= 0.3 is 0 Å². The van der Waals surface area contributed by atoms with Crippen LogP contribution in [0.2, 0.25) is 0 Å². The van der Waals surface area contributed by atoms with Gasteiger partial charge in [-0.3, -0.25) is 14.5 Å². The Balaban J connectivity index is 1.71. The number of para-hydroxylation sites is 1. The van der Waals surface area contributed by atoms with Crippen molar-refractivity contribution in [3.05, 3.63) is 75.2 Å². The number of carbonyl (C=O) groups is 2. The minimum atomic E-state index is -0.395. The van der Waals surface area contributed by atoms with Gasteiger partial charge in [-0.05, 0) is 55.5 Å². The zero-order valence-corrected chi connectivity index (χ0v) is 19.4. The second-order valence-corrected chi connectivity index (χ2v) is 9.70. The lowest BCUT2D eigenvalue weighted by molar-refractivity contribution is -0.127. The first-order valence-electron chi connectivity index (χ1n) is 10.3. The Hall–Kier alpha value is -2.56. The third kappa shape index (κ3) is 4.70. The maximum absolute atomic E-state index is 13.4. The first-order valence-corrected chi connectivity index (χ1v) is 12.0. The summed E-state index contributed by atoms with van der Waals surface area (Å²) in [6, 6.07) is 19.2. The highest BCUT2D eigenvalue weighted by atomic mass is 79.9. The highest BCUT2D eigenvalue weighted by Crippen LogP contribution is 2.42. The molecular formula is C24H22BrN3O2S. The average molecular weight is 496 g/mol. The van der Waals surface area contributed by atoms with E-state index in [1.807, 2.05) is 54.6 Å². The molecule has 158 valence electrons. The number of amides is 2. The average Bonchev–Trinajstić information content (AvgIpc) is 3.12. The second-order valence-electron chi connectivity index (χ2n) is 7.59. The lowest BCUT2D eigenvalue weighted by Crippen LogP contribution is -2.37. The number of hydrogen-bond acceptors (Lipinski definition) is 4. The van der Waals surface area contributed by atoms with E-state index in [2.05, 4.69) is 22.0 Å². The lowest BCUT2D eigenvalue weighted by atomic mass is 10.1. The molecule has 0 N–H and O–H groups in total. The molecule has 0 aromatic heterocycles. The maximum atomic E-state index is 13.4.